The largest absolute Gasteiger partial charge is 0.351 e. The number of aromatic nitrogens is 3. The average molecular weight is 161 g/mol. The summed E-state index contributed by atoms with van der Waals surface area (Å²) >= 11 is 0. The summed E-state index contributed by atoms with van der Waals surface area (Å²) in [7, 11) is 0. The van der Waals surface area contributed by atoms with Crippen molar-refractivity contribution in [2.45, 2.75) is 0 Å². The second kappa shape index (κ2) is 2.65. The molecule has 0 saturated heterocycles. The molecule has 0 unspecified atom stereocenters. The molecule has 4 nitrogen and oxygen atoms in total. The maximum atomic E-state index is 10.3. The SMILES string of the molecule is O=Cc1ccc(-c2ccn[nH]2)[nH]1. The number of nitrogens with zero attached hydrogens (tertiary/aromatic N) is 1. The van der Waals surface area contributed by atoms with Gasteiger partial charge in [-0.05, 0) is 18.2 Å². The van der Waals surface area contributed by atoms with Gasteiger partial charge >= 0.3 is 0 Å². The highest BCUT2D eigenvalue weighted by Crippen LogP contribution is 2.13. The average Bonchev–Trinajstić information content (AvgIpc) is 2.75. The Morgan fingerprint density at radius 1 is 1.25 bits per heavy atom. The Morgan fingerprint density at radius 2 is 2.17 bits per heavy atom. The first-order chi connectivity index (χ1) is 5.90. The molecule has 12 heavy (non-hydrogen) atoms. The molecule has 0 atom stereocenters. The van der Waals surface area contributed by atoms with E-state index >= 15 is 0 Å². The van der Waals surface area contributed by atoms with Crippen LogP contribution in [0.2, 0.25) is 0 Å². The molecule has 0 aliphatic rings. The highest BCUT2D eigenvalue weighted by Gasteiger charge is 2.00. The van der Waals surface area contributed by atoms with Crippen molar-refractivity contribution in [1.29, 1.82) is 0 Å². The van der Waals surface area contributed by atoms with Crippen molar-refractivity contribution in [1.82, 2.24) is 15.2 Å². The van der Waals surface area contributed by atoms with Gasteiger partial charge < -0.3 is 4.98 Å². The molecule has 2 heterocycles. The quantitative estimate of drug-likeness (QED) is 0.650. The number of carbonyl (C=O) groups excluding carboxylic acids is 1. The van der Waals surface area contributed by atoms with E-state index in [2.05, 4.69) is 15.2 Å². The molecule has 0 radical (unpaired) electrons. The molecule has 4 heteroatoms. The van der Waals surface area contributed by atoms with Gasteiger partial charge in [-0.3, -0.25) is 9.89 Å². The van der Waals surface area contributed by atoms with E-state index in [-0.39, 0.29) is 0 Å². The first-order valence-electron chi connectivity index (χ1n) is 3.54. The topological polar surface area (TPSA) is 61.5 Å². The Bertz CT molecular complexity index is 375. The van der Waals surface area contributed by atoms with Crippen molar-refractivity contribution in [2.75, 3.05) is 0 Å². The first kappa shape index (κ1) is 6.84. The molecule has 0 bridgehead atoms. The zero-order valence-electron chi connectivity index (χ0n) is 6.24. The van der Waals surface area contributed by atoms with Crippen LogP contribution in [-0.2, 0) is 0 Å². The third-order valence-corrected chi connectivity index (χ3v) is 1.63. The van der Waals surface area contributed by atoms with Gasteiger partial charge in [-0.2, -0.15) is 5.10 Å². The normalized spacial score (nSPS) is 10.0. The van der Waals surface area contributed by atoms with Crippen molar-refractivity contribution in [3.63, 3.8) is 0 Å². The van der Waals surface area contributed by atoms with Crippen LogP contribution < -0.4 is 0 Å². The maximum Gasteiger partial charge on any atom is 0.166 e. The lowest BCUT2D eigenvalue weighted by Crippen LogP contribution is -1.80. The second-order valence-electron chi connectivity index (χ2n) is 2.42. The Hall–Kier alpha value is -1.84. The van der Waals surface area contributed by atoms with Crippen LogP contribution >= 0.6 is 0 Å². The number of nitrogens with one attached hydrogen (secondary N) is 2. The molecule has 2 N–H and O–H groups in total. The highest BCUT2D eigenvalue weighted by atomic mass is 16.1. The van der Waals surface area contributed by atoms with E-state index in [0.29, 0.717) is 5.69 Å². The summed E-state index contributed by atoms with van der Waals surface area (Å²) in [4.78, 5) is 13.3. The van der Waals surface area contributed by atoms with Gasteiger partial charge in [-0.15, -0.1) is 0 Å². The molecule has 2 aromatic heterocycles. The van der Waals surface area contributed by atoms with E-state index in [1.54, 1.807) is 12.3 Å². The number of hydrogen-bond acceptors (Lipinski definition) is 2. The molecule has 60 valence electrons. The van der Waals surface area contributed by atoms with E-state index < -0.39 is 0 Å². The van der Waals surface area contributed by atoms with Crippen LogP contribution in [0.1, 0.15) is 10.5 Å². The van der Waals surface area contributed by atoms with E-state index in [4.69, 9.17) is 0 Å². The molecule has 0 aromatic carbocycles. The monoisotopic (exact) mass is 161 g/mol. The Kier molecular flexibility index (Phi) is 1.51. The van der Waals surface area contributed by atoms with Crippen LogP contribution in [0, 0.1) is 0 Å². The highest BCUT2D eigenvalue weighted by molar-refractivity contribution is 5.74. The van der Waals surface area contributed by atoms with Crippen molar-refractivity contribution < 1.29 is 4.79 Å². The van der Waals surface area contributed by atoms with Gasteiger partial charge in [0, 0.05) is 6.20 Å². The molecule has 0 amide bonds. The standard InChI is InChI=1S/C8H7N3O/c12-5-6-1-2-7(10-6)8-3-4-9-11-8/h1-5,10H,(H,9,11). The first-order valence-corrected chi connectivity index (χ1v) is 3.54. The van der Waals surface area contributed by atoms with Crippen LogP contribution in [0.25, 0.3) is 11.4 Å². The Labute approximate surface area is 68.6 Å². The smallest absolute Gasteiger partial charge is 0.166 e. The van der Waals surface area contributed by atoms with E-state index in [0.717, 1.165) is 17.7 Å². The van der Waals surface area contributed by atoms with Crippen molar-refractivity contribution in [3.05, 3.63) is 30.1 Å². The molecule has 0 aliphatic carbocycles. The molecule has 0 fully saturated rings. The maximum absolute atomic E-state index is 10.3. The minimum Gasteiger partial charge on any atom is -0.351 e. The van der Waals surface area contributed by atoms with Crippen LogP contribution in [0.3, 0.4) is 0 Å². The van der Waals surface area contributed by atoms with Crippen LogP contribution in [0.5, 0.6) is 0 Å². The zero-order chi connectivity index (χ0) is 8.39. The summed E-state index contributed by atoms with van der Waals surface area (Å²) in [5, 5.41) is 6.59. The third-order valence-electron chi connectivity index (χ3n) is 1.63. The van der Waals surface area contributed by atoms with Crippen molar-refractivity contribution in [2.24, 2.45) is 0 Å². The van der Waals surface area contributed by atoms with Crippen molar-refractivity contribution >= 4 is 6.29 Å². The van der Waals surface area contributed by atoms with Gasteiger partial charge in [0.15, 0.2) is 6.29 Å². The minimum atomic E-state index is 0.569. The molecule has 0 spiro atoms. The minimum absolute atomic E-state index is 0.569. The number of carbonyl (C=O) groups is 1. The van der Waals surface area contributed by atoms with Gasteiger partial charge in [0.25, 0.3) is 0 Å². The lowest BCUT2D eigenvalue weighted by Gasteiger charge is -1.88. The Morgan fingerprint density at radius 3 is 2.75 bits per heavy atom. The lowest BCUT2D eigenvalue weighted by molar-refractivity contribution is 0.111. The fourth-order valence-corrected chi connectivity index (χ4v) is 1.04. The molecule has 0 aliphatic heterocycles. The Balaban J connectivity index is 2.41. The number of rotatable bonds is 2. The second-order valence-corrected chi connectivity index (χ2v) is 2.42. The number of aromatic amines is 2. The zero-order valence-corrected chi connectivity index (χ0v) is 6.24. The van der Waals surface area contributed by atoms with E-state index in [1.165, 1.54) is 0 Å². The summed E-state index contributed by atoms with van der Waals surface area (Å²) in [5.41, 5.74) is 2.32. The summed E-state index contributed by atoms with van der Waals surface area (Å²) in [6, 6.07) is 5.39. The molecule has 2 rings (SSSR count). The van der Waals surface area contributed by atoms with Crippen LogP contribution in [-0.4, -0.2) is 21.5 Å². The molecular formula is C8H7N3O. The fourth-order valence-electron chi connectivity index (χ4n) is 1.04. The number of hydrogen-bond donors (Lipinski definition) is 2. The van der Waals surface area contributed by atoms with Crippen molar-refractivity contribution in [3.8, 4) is 11.4 Å². The van der Waals surface area contributed by atoms with Gasteiger partial charge in [0.1, 0.15) is 0 Å². The number of aldehydes is 1. The summed E-state index contributed by atoms with van der Waals surface area (Å²) in [6.07, 6.45) is 2.44. The predicted octanol–water partition coefficient (Wildman–Crippen LogP) is 1.22. The number of H-pyrrole nitrogens is 2. The van der Waals surface area contributed by atoms with Gasteiger partial charge in [0.2, 0.25) is 0 Å². The molecular weight excluding hydrogens is 154 g/mol. The van der Waals surface area contributed by atoms with Gasteiger partial charge in [-0.25, -0.2) is 0 Å². The molecule has 2 aromatic rings. The van der Waals surface area contributed by atoms with Gasteiger partial charge in [0.05, 0.1) is 17.1 Å². The summed E-state index contributed by atoms with van der Waals surface area (Å²) in [5.74, 6) is 0. The summed E-state index contributed by atoms with van der Waals surface area (Å²) in [6.45, 7) is 0. The van der Waals surface area contributed by atoms with Crippen LogP contribution in [0.4, 0.5) is 0 Å². The fraction of sp³-hybridized carbons (Fsp3) is 0. The predicted molar refractivity (Wildman–Crippen MR) is 43.8 cm³/mol. The summed E-state index contributed by atoms with van der Waals surface area (Å²) < 4.78 is 0. The van der Waals surface area contributed by atoms with E-state index in [9.17, 15) is 4.79 Å². The van der Waals surface area contributed by atoms with Gasteiger partial charge in [-0.1, -0.05) is 0 Å². The third kappa shape index (κ3) is 1.03. The van der Waals surface area contributed by atoms with E-state index in [1.807, 2.05) is 12.1 Å². The van der Waals surface area contributed by atoms with Crippen LogP contribution in [0.15, 0.2) is 24.4 Å². The molecule has 0 saturated carbocycles. The lowest BCUT2D eigenvalue weighted by atomic mass is 10.3.